The van der Waals surface area contributed by atoms with E-state index in [0.717, 1.165) is 4.90 Å². The minimum absolute atomic E-state index is 0.151. The van der Waals surface area contributed by atoms with Gasteiger partial charge in [0.05, 0.1) is 0 Å². The Kier molecular flexibility index (Phi) is 2.39. The van der Waals surface area contributed by atoms with E-state index in [2.05, 4.69) is 0 Å². The molecule has 1 rings (SSSR count). The van der Waals surface area contributed by atoms with Gasteiger partial charge in [-0.3, -0.25) is 19.8 Å². The SMILES string of the molecule is NCCN1C(=O)CC(=O)NC1=O. The van der Waals surface area contributed by atoms with Crippen molar-refractivity contribution in [3.8, 4) is 0 Å². The van der Waals surface area contributed by atoms with Crippen molar-refractivity contribution in [3.05, 3.63) is 0 Å². The van der Waals surface area contributed by atoms with Crippen molar-refractivity contribution in [2.45, 2.75) is 6.42 Å². The second-order valence-corrected chi connectivity index (χ2v) is 2.36. The Morgan fingerprint density at radius 3 is 2.58 bits per heavy atom. The molecular weight excluding hydrogens is 162 g/mol. The smallest absolute Gasteiger partial charge is 0.329 e. The van der Waals surface area contributed by atoms with Crippen LogP contribution in [0.1, 0.15) is 6.42 Å². The van der Waals surface area contributed by atoms with Crippen molar-refractivity contribution < 1.29 is 14.4 Å². The first-order valence-electron chi connectivity index (χ1n) is 3.49. The molecule has 1 aliphatic rings. The second-order valence-electron chi connectivity index (χ2n) is 2.36. The lowest BCUT2D eigenvalue weighted by molar-refractivity contribution is -0.136. The van der Waals surface area contributed by atoms with Gasteiger partial charge in [0.1, 0.15) is 6.42 Å². The molecule has 1 fully saturated rings. The zero-order valence-corrected chi connectivity index (χ0v) is 6.37. The molecule has 0 aromatic heterocycles. The average molecular weight is 171 g/mol. The van der Waals surface area contributed by atoms with Gasteiger partial charge in [-0.1, -0.05) is 0 Å². The number of urea groups is 1. The number of carbonyl (C=O) groups is 3. The number of rotatable bonds is 2. The summed E-state index contributed by atoms with van der Waals surface area (Å²) in [4.78, 5) is 33.5. The minimum atomic E-state index is -0.679. The third-order valence-electron chi connectivity index (χ3n) is 1.46. The van der Waals surface area contributed by atoms with Gasteiger partial charge in [-0.15, -0.1) is 0 Å². The van der Waals surface area contributed by atoms with E-state index < -0.39 is 17.8 Å². The summed E-state index contributed by atoms with van der Waals surface area (Å²) < 4.78 is 0. The number of hydrogen-bond donors (Lipinski definition) is 2. The summed E-state index contributed by atoms with van der Waals surface area (Å²) in [5.41, 5.74) is 5.16. The molecule has 0 unspecified atom stereocenters. The zero-order chi connectivity index (χ0) is 9.14. The van der Waals surface area contributed by atoms with Crippen molar-refractivity contribution >= 4 is 17.8 Å². The van der Waals surface area contributed by atoms with Gasteiger partial charge in [-0.25, -0.2) is 4.79 Å². The highest BCUT2D eigenvalue weighted by molar-refractivity contribution is 6.14. The predicted octanol–water partition coefficient (Wildman–Crippen LogP) is -1.59. The van der Waals surface area contributed by atoms with Crippen LogP contribution in [-0.2, 0) is 9.59 Å². The molecule has 0 spiro atoms. The van der Waals surface area contributed by atoms with Crippen LogP contribution in [0.4, 0.5) is 4.79 Å². The van der Waals surface area contributed by atoms with Crippen molar-refractivity contribution in [1.29, 1.82) is 0 Å². The number of barbiturate groups is 1. The Hall–Kier alpha value is -1.43. The number of nitrogens with zero attached hydrogens (tertiary/aromatic N) is 1. The molecule has 3 N–H and O–H groups in total. The molecule has 0 radical (unpaired) electrons. The van der Waals surface area contributed by atoms with E-state index in [9.17, 15) is 14.4 Å². The lowest BCUT2D eigenvalue weighted by Crippen LogP contribution is -2.53. The Morgan fingerprint density at radius 2 is 2.08 bits per heavy atom. The predicted molar refractivity (Wildman–Crippen MR) is 38.9 cm³/mol. The van der Waals surface area contributed by atoms with Crippen LogP contribution >= 0.6 is 0 Å². The van der Waals surface area contributed by atoms with Crippen molar-refractivity contribution in [3.63, 3.8) is 0 Å². The van der Waals surface area contributed by atoms with Gasteiger partial charge >= 0.3 is 6.03 Å². The molecule has 6 heteroatoms. The highest BCUT2D eigenvalue weighted by Crippen LogP contribution is 2.00. The van der Waals surface area contributed by atoms with Crippen LogP contribution in [0.5, 0.6) is 0 Å². The van der Waals surface area contributed by atoms with Crippen LogP contribution in [0, 0.1) is 0 Å². The topological polar surface area (TPSA) is 92.5 Å². The zero-order valence-electron chi connectivity index (χ0n) is 6.37. The molecule has 0 aromatic carbocycles. The normalized spacial score (nSPS) is 18.1. The van der Waals surface area contributed by atoms with E-state index in [1.54, 1.807) is 0 Å². The molecule has 1 saturated heterocycles. The molecule has 0 bridgehead atoms. The number of nitrogens with one attached hydrogen (secondary N) is 1. The molecule has 0 aromatic rings. The van der Waals surface area contributed by atoms with Gasteiger partial charge in [-0.05, 0) is 0 Å². The summed E-state index contributed by atoms with van der Waals surface area (Å²) in [5, 5.41) is 2.02. The molecule has 0 aliphatic carbocycles. The van der Waals surface area contributed by atoms with E-state index in [-0.39, 0.29) is 19.5 Å². The van der Waals surface area contributed by atoms with Gasteiger partial charge in [0.15, 0.2) is 0 Å². The molecule has 6 nitrogen and oxygen atoms in total. The number of nitrogens with two attached hydrogens (primary N) is 1. The van der Waals surface area contributed by atoms with Crippen LogP contribution in [0.2, 0.25) is 0 Å². The summed E-state index contributed by atoms with van der Waals surface area (Å²) in [6.45, 7) is 0.352. The standard InChI is InChI=1S/C6H9N3O3/c7-1-2-9-5(11)3-4(10)8-6(9)12/h1-3,7H2,(H,8,10,12). The van der Waals surface area contributed by atoms with Crippen LogP contribution in [0.15, 0.2) is 0 Å². The first-order valence-corrected chi connectivity index (χ1v) is 3.49. The Labute approximate surface area is 68.7 Å². The number of amides is 4. The Morgan fingerprint density at radius 1 is 1.42 bits per heavy atom. The van der Waals surface area contributed by atoms with E-state index in [1.165, 1.54) is 0 Å². The van der Waals surface area contributed by atoms with Gasteiger partial charge < -0.3 is 5.73 Å². The molecular formula is C6H9N3O3. The van der Waals surface area contributed by atoms with E-state index in [1.807, 2.05) is 5.32 Å². The fourth-order valence-corrected chi connectivity index (χ4v) is 0.932. The maximum Gasteiger partial charge on any atom is 0.330 e. The fraction of sp³-hybridized carbons (Fsp3) is 0.500. The molecule has 1 heterocycles. The summed E-state index contributed by atoms with van der Waals surface area (Å²) in [7, 11) is 0. The summed E-state index contributed by atoms with van der Waals surface area (Å²) in [6, 6.07) is -0.679. The number of carbonyl (C=O) groups excluding carboxylic acids is 3. The maximum absolute atomic E-state index is 11.0. The van der Waals surface area contributed by atoms with Crippen molar-refractivity contribution in [2.75, 3.05) is 13.1 Å². The highest BCUT2D eigenvalue weighted by Gasteiger charge is 2.29. The lowest BCUT2D eigenvalue weighted by atomic mass is 10.3. The first kappa shape index (κ1) is 8.66. The van der Waals surface area contributed by atoms with E-state index in [0.29, 0.717) is 0 Å². The molecule has 12 heavy (non-hydrogen) atoms. The molecule has 1 aliphatic heterocycles. The highest BCUT2D eigenvalue weighted by atomic mass is 16.2. The van der Waals surface area contributed by atoms with Crippen molar-refractivity contribution in [1.82, 2.24) is 10.2 Å². The fourth-order valence-electron chi connectivity index (χ4n) is 0.932. The van der Waals surface area contributed by atoms with Crippen LogP contribution < -0.4 is 11.1 Å². The van der Waals surface area contributed by atoms with E-state index >= 15 is 0 Å². The lowest BCUT2D eigenvalue weighted by Gasteiger charge is -2.23. The summed E-state index contributed by atoms with van der Waals surface area (Å²) in [6.07, 6.45) is -0.272. The van der Waals surface area contributed by atoms with Crippen LogP contribution in [-0.4, -0.2) is 35.8 Å². The van der Waals surface area contributed by atoms with Gasteiger partial charge in [0, 0.05) is 13.1 Å². The third kappa shape index (κ3) is 1.59. The largest absolute Gasteiger partial charge is 0.330 e. The average Bonchev–Trinajstić information content (AvgIpc) is 1.96. The summed E-state index contributed by atoms with van der Waals surface area (Å²) >= 11 is 0. The van der Waals surface area contributed by atoms with Crippen LogP contribution in [0.3, 0.4) is 0 Å². The third-order valence-corrected chi connectivity index (χ3v) is 1.46. The maximum atomic E-state index is 11.0. The molecule has 0 saturated carbocycles. The van der Waals surface area contributed by atoms with E-state index in [4.69, 9.17) is 5.73 Å². The quantitative estimate of drug-likeness (QED) is 0.490. The number of hydrogen-bond acceptors (Lipinski definition) is 4. The Balaban J connectivity index is 2.67. The molecule has 66 valence electrons. The monoisotopic (exact) mass is 171 g/mol. The minimum Gasteiger partial charge on any atom is -0.329 e. The van der Waals surface area contributed by atoms with Gasteiger partial charge in [0.2, 0.25) is 11.8 Å². The van der Waals surface area contributed by atoms with Crippen molar-refractivity contribution in [2.24, 2.45) is 5.73 Å². The molecule has 0 atom stereocenters. The second kappa shape index (κ2) is 3.31. The Bertz CT molecular complexity index is 218. The van der Waals surface area contributed by atoms with Gasteiger partial charge in [-0.2, -0.15) is 0 Å². The summed E-state index contributed by atoms with van der Waals surface area (Å²) in [5.74, 6) is -1.05. The number of imide groups is 2. The molecule has 4 amide bonds. The first-order chi connectivity index (χ1) is 5.65. The van der Waals surface area contributed by atoms with Gasteiger partial charge in [0.25, 0.3) is 0 Å². The van der Waals surface area contributed by atoms with Crippen LogP contribution in [0.25, 0.3) is 0 Å².